The molecule has 1 heterocycles. The molecule has 0 bridgehead atoms. The first-order chi connectivity index (χ1) is 11.7. The Bertz CT molecular complexity index is 482. The van der Waals surface area contributed by atoms with Crippen molar-refractivity contribution in [2.45, 2.75) is 110 Å². The second-order valence-corrected chi connectivity index (χ2v) is 9.33. The highest BCUT2D eigenvalue weighted by molar-refractivity contribution is 7.80. The lowest BCUT2D eigenvalue weighted by Gasteiger charge is -2.32. The van der Waals surface area contributed by atoms with E-state index in [-0.39, 0.29) is 18.3 Å². The first kappa shape index (κ1) is 21.1. The maximum absolute atomic E-state index is 6.31. The molecule has 0 radical (unpaired) electrons. The van der Waals surface area contributed by atoms with Crippen molar-refractivity contribution in [1.29, 1.82) is 0 Å². The normalized spacial score (nSPS) is 26.4. The Hall–Kier alpha value is -0.185. The van der Waals surface area contributed by atoms with Gasteiger partial charge in [-0.1, -0.05) is 51.4 Å². The molecule has 0 spiro atoms. The molecule has 0 aromatic heterocycles. The van der Waals surface area contributed by atoms with E-state index in [0.29, 0.717) is 11.7 Å². The summed E-state index contributed by atoms with van der Waals surface area (Å²) in [5.41, 5.74) is 0.909. The van der Waals surface area contributed by atoms with Crippen molar-refractivity contribution in [1.82, 2.24) is 0 Å². The standard InChI is InChI=1S/C21H37BO2S/c1-7-9-12-16(11-8-2)19(25)17-13-10-14-18(15-17)22-23-20(3,4)21(5,6)24-22/h13,16,18H,7-12,14-15H2,1-6H3/t16-,18-/m1/s1. The molecular weight excluding hydrogens is 327 g/mol. The summed E-state index contributed by atoms with van der Waals surface area (Å²) in [7, 11) is -0.100. The highest BCUT2D eigenvalue weighted by Gasteiger charge is 2.53. The van der Waals surface area contributed by atoms with Gasteiger partial charge in [0, 0.05) is 4.86 Å². The molecule has 0 aromatic carbocycles. The summed E-state index contributed by atoms with van der Waals surface area (Å²) in [6, 6.07) is 0. The second kappa shape index (κ2) is 8.67. The van der Waals surface area contributed by atoms with Crippen molar-refractivity contribution in [3.05, 3.63) is 11.6 Å². The largest absolute Gasteiger partial charge is 0.461 e. The van der Waals surface area contributed by atoms with E-state index < -0.39 is 0 Å². The molecule has 1 aliphatic heterocycles. The molecule has 0 amide bonds. The van der Waals surface area contributed by atoms with Gasteiger partial charge in [-0.3, -0.25) is 0 Å². The molecule has 2 atom stereocenters. The van der Waals surface area contributed by atoms with Crippen LogP contribution in [-0.2, 0) is 9.31 Å². The third-order valence-corrected chi connectivity index (χ3v) is 6.89. The van der Waals surface area contributed by atoms with Gasteiger partial charge in [0.15, 0.2) is 0 Å². The van der Waals surface area contributed by atoms with Crippen LogP contribution in [0.3, 0.4) is 0 Å². The number of unbranched alkanes of at least 4 members (excludes halogenated alkanes) is 1. The Balaban J connectivity index is 2.02. The summed E-state index contributed by atoms with van der Waals surface area (Å²) in [6.45, 7) is 13.1. The highest BCUT2D eigenvalue weighted by atomic mass is 32.1. The van der Waals surface area contributed by atoms with Crippen LogP contribution in [0.15, 0.2) is 11.6 Å². The Labute approximate surface area is 161 Å². The Kier molecular flexibility index (Phi) is 7.32. The lowest BCUT2D eigenvalue weighted by Crippen LogP contribution is -2.41. The van der Waals surface area contributed by atoms with Crippen LogP contribution < -0.4 is 0 Å². The zero-order valence-corrected chi connectivity index (χ0v) is 18.0. The van der Waals surface area contributed by atoms with Crippen LogP contribution in [0.5, 0.6) is 0 Å². The SMILES string of the molecule is CCCC[C@@H](CCC)C(=S)C1=CCC[C@@H](B2OC(C)(C)C(C)(C)O2)C1. The van der Waals surface area contributed by atoms with Crippen molar-refractivity contribution < 1.29 is 9.31 Å². The summed E-state index contributed by atoms with van der Waals surface area (Å²) >= 11 is 5.94. The van der Waals surface area contributed by atoms with E-state index in [1.165, 1.54) is 42.5 Å². The minimum atomic E-state index is -0.245. The van der Waals surface area contributed by atoms with Crippen molar-refractivity contribution in [3.63, 3.8) is 0 Å². The molecule has 2 nitrogen and oxygen atoms in total. The van der Waals surface area contributed by atoms with Crippen LogP contribution in [0.1, 0.15) is 92.9 Å². The fraction of sp³-hybridized carbons (Fsp3) is 0.857. The number of thiocarbonyl (C=S) groups is 1. The lowest BCUT2D eigenvalue weighted by atomic mass is 9.63. The van der Waals surface area contributed by atoms with Gasteiger partial charge in [-0.2, -0.15) is 0 Å². The van der Waals surface area contributed by atoms with Gasteiger partial charge in [-0.25, -0.2) is 0 Å². The van der Waals surface area contributed by atoms with E-state index in [2.05, 4.69) is 47.6 Å². The molecule has 2 rings (SSSR count). The van der Waals surface area contributed by atoms with Gasteiger partial charge in [0.05, 0.1) is 11.2 Å². The van der Waals surface area contributed by atoms with E-state index in [1.54, 1.807) is 0 Å². The Morgan fingerprint density at radius 3 is 2.36 bits per heavy atom. The third-order valence-electron chi connectivity index (χ3n) is 6.30. The maximum atomic E-state index is 6.31. The molecule has 4 heteroatoms. The minimum Gasteiger partial charge on any atom is -0.403 e. The van der Waals surface area contributed by atoms with Crippen molar-refractivity contribution in [2.24, 2.45) is 5.92 Å². The van der Waals surface area contributed by atoms with Crippen LogP contribution in [0.25, 0.3) is 0 Å². The predicted molar refractivity (Wildman–Crippen MR) is 112 cm³/mol. The fourth-order valence-corrected chi connectivity index (χ4v) is 4.32. The molecule has 0 unspecified atom stereocenters. The Morgan fingerprint density at radius 2 is 1.80 bits per heavy atom. The summed E-state index contributed by atoms with van der Waals surface area (Å²) in [4.78, 5) is 1.22. The first-order valence-corrected chi connectivity index (χ1v) is 10.7. The van der Waals surface area contributed by atoms with E-state index >= 15 is 0 Å². The zero-order chi connectivity index (χ0) is 18.7. The monoisotopic (exact) mass is 364 g/mol. The van der Waals surface area contributed by atoms with E-state index in [1.807, 2.05) is 0 Å². The number of rotatable bonds is 8. The molecular formula is C21H37BO2S. The van der Waals surface area contributed by atoms with Gasteiger partial charge in [0.2, 0.25) is 0 Å². The Morgan fingerprint density at radius 1 is 1.16 bits per heavy atom. The summed E-state index contributed by atoms with van der Waals surface area (Å²) < 4.78 is 12.6. The molecule has 1 aliphatic carbocycles. The molecule has 0 aromatic rings. The topological polar surface area (TPSA) is 18.5 Å². The molecule has 25 heavy (non-hydrogen) atoms. The maximum Gasteiger partial charge on any atom is 0.461 e. The number of allylic oxidation sites excluding steroid dienone is 2. The van der Waals surface area contributed by atoms with Gasteiger partial charge < -0.3 is 9.31 Å². The molecule has 142 valence electrons. The van der Waals surface area contributed by atoms with Crippen LogP contribution in [0.2, 0.25) is 5.82 Å². The molecule has 1 saturated heterocycles. The van der Waals surface area contributed by atoms with Gasteiger partial charge >= 0.3 is 7.12 Å². The highest BCUT2D eigenvalue weighted by Crippen LogP contribution is 2.44. The average Bonchev–Trinajstić information content (AvgIpc) is 2.79. The smallest absolute Gasteiger partial charge is 0.403 e. The van der Waals surface area contributed by atoms with E-state index in [0.717, 1.165) is 19.3 Å². The first-order valence-electron chi connectivity index (χ1n) is 10.3. The predicted octanol–water partition coefficient (Wildman–Crippen LogP) is 6.54. The van der Waals surface area contributed by atoms with Crippen LogP contribution in [0.4, 0.5) is 0 Å². The van der Waals surface area contributed by atoms with Crippen molar-refractivity contribution >= 4 is 24.2 Å². The quantitative estimate of drug-likeness (QED) is 0.360. The van der Waals surface area contributed by atoms with Gasteiger partial charge in [0.1, 0.15) is 0 Å². The second-order valence-electron chi connectivity index (χ2n) is 8.89. The van der Waals surface area contributed by atoms with Crippen LogP contribution in [0, 0.1) is 5.92 Å². The third kappa shape index (κ3) is 4.96. The van der Waals surface area contributed by atoms with E-state index in [4.69, 9.17) is 21.5 Å². The fourth-order valence-electron chi connectivity index (χ4n) is 3.92. The molecule has 2 aliphatic rings. The number of hydrogen-bond donors (Lipinski definition) is 0. The summed E-state index contributed by atoms with van der Waals surface area (Å²) in [5.74, 6) is 0.996. The van der Waals surface area contributed by atoms with Crippen LogP contribution >= 0.6 is 12.2 Å². The lowest BCUT2D eigenvalue weighted by molar-refractivity contribution is 0.00578. The molecule has 0 saturated carbocycles. The van der Waals surface area contributed by atoms with Crippen molar-refractivity contribution in [3.8, 4) is 0 Å². The van der Waals surface area contributed by atoms with Gasteiger partial charge in [-0.05, 0) is 77.1 Å². The zero-order valence-electron chi connectivity index (χ0n) is 17.2. The van der Waals surface area contributed by atoms with E-state index in [9.17, 15) is 0 Å². The van der Waals surface area contributed by atoms with Crippen LogP contribution in [-0.4, -0.2) is 23.2 Å². The number of hydrogen-bond acceptors (Lipinski definition) is 3. The summed E-state index contributed by atoms with van der Waals surface area (Å²) in [6.07, 6.45) is 11.8. The summed E-state index contributed by atoms with van der Waals surface area (Å²) in [5, 5.41) is 0. The molecule has 0 N–H and O–H groups in total. The van der Waals surface area contributed by atoms with Crippen molar-refractivity contribution in [2.75, 3.05) is 0 Å². The average molecular weight is 364 g/mol. The molecule has 1 fully saturated rings. The van der Waals surface area contributed by atoms with Gasteiger partial charge in [-0.15, -0.1) is 0 Å². The minimum absolute atomic E-state index is 0.100. The van der Waals surface area contributed by atoms with Gasteiger partial charge in [0.25, 0.3) is 0 Å².